The van der Waals surface area contributed by atoms with Crippen molar-refractivity contribution in [3.8, 4) is 0 Å². The lowest BCUT2D eigenvalue weighted by atomic mass is 9.97. The van der Waals surface area contributed by atoms with E-state index in [-0.39, 0.29) is 11.9 Å². The molecular weight excluding hydrogens is 188 g/mol. The van der Waals surface area contributed by atoms with Gasteiger partial charge in [0, 0.05) is 13.1 Å². The van der Waals surface area contributed by atoms with Gasteiger partial charge in [-0.15, -0.1) is 0 Å². The number of nitrogens with two attached hydrogens (primary N) is 1. The highest BCUT2D eigenvalue weighted by atomic mass is 16.2. The van der Waals surface area contributed by atoms with E-state index in [0.717, 1.165) is 38.8 Å². The van der Waals surface area contributed by atoms with E-state index >= 15 is 0 Å². The van der Waals surface area contributed by atoms with Gasteiger partial charge >= 0.3 is 0 Å². The van der Waals surface area contributed by atoms with Crippen LogP contribution in [0.25, 0.3) is 0 Å². The van der Waals surface area contributed by atoms with Crippen molar-refractivity contribution in [2.75, 3.05) is 13.1 Å². The SMILES string of the molecule is NC(C(=O)N1CCCCC1)C1CCCC1. The molecule has 1 saturated carbocycles. The van der Waals surface area contributed by atoms with Gasteiger partial charge in [-0.2, -0.15) is 0 Å². The molecule has 0 radical (unpaired) electrons. The Morgan fingerprint density at radius 1 is 1.07 bits per heavy atom. The van der Waals surface area contributed by atoms with Crippen LogP contribution in [-0.2, 0) is 4.79 Å². The van der Waals surface area contributed by atoms with Crippen molar-refractivity contribution in [2.24, 2.45) is 11.7 Å². The Hall–Kier alpha value is -0.570. The van der Waals surface area contributed by atoms with Gasteiger partial charge < -0.3 is 10.6 Å². The maximum Gasteiger partial charge on any atom is 0.239 e. The van der Waals surface area contributed by atoms with Gasteiger partial charge in [-0.3, -0.25) is 4.79 Å². The molecule has 0 aromatic rings. The molecule has 2 aliphatic rings. The average molecular weight is 210 g/mol. The zero-order chi connectivity index (χ0) is 10.7. The summed E-state index contributed by atoms with van der Waals surface area (Å²) in [6.07, 6.45) is 8.40. The van der Waals surface area contributed by atoms with Crippen molar-refractivity contribution in [3.63, 3.8) is 0 Å². The van der Waals surface area contributed by atoms with Crippen LogP contribution in [-0.4, -0.2) is 29.9 Å². The first-order valence-corrected chi connectivity index (χ1v) is 6.33. The summed E-state index contributed by atoms with van der Waals surface area (Å²) in [5.74, 6) is 0.668. The molecule has 1 amide bonds. The fourth-order valence-corrected chi connectivity index (χ4v) is 2.84. The third-order valence-corrected chi connectivity index (χ3v) is 3.86. The number of carbonyl (C=O) groups is 1. The second kappa shape index (κ2) is 4.97. The van der Waals surface area contributed by atoms with Gasteiger partial charge in [0.25, 0.3) is 0 Å². The van der Waals surface area contributed by atoms with E-state index in [1.165, 1.54) is 19.3 Å². The monoisotopic (exact) mass is 210 g/mol. The van der Waals surface area contributed by atoms with E-state index in [9.17, 15) is 4.79 Å². The number of rotatable bonds is 2. The molecule has 2 rings (SSSR count). The molecule has 0 aromatic carbocycles. The van der Waals surface area contributed by atoms with Crippen LogP contribution in [0.1, 0.15) is 44.9 Å². The van der Waals surface area contributed by atoms with Gasteiger partial charge in [0.15, 0.2) is 0 Å². The van der Waals surface area contributed by atoms with E-state index in [4.69, 9.17) is 5.73 Å². The minimum Gasteiger partial charge on any atom is -0.341 e. The summed E-state index contributed by atoms with van der Waals surface area (Å²) in [6.45, 7) is 1.86. The highest BCUT2D eigenvalue weighted by Gasteiger charge is 2.30. The van der Waals surface area contributed by atoms with E-state index in [0.29, 0.717) is 5.92 Å². The van der Waals surface area contributed by atoms with Crippen LogP contribution < -0.4 is 5.73 Å². The number of nitrogens with zero attached hydrogens (tertiary/aromatic N) is 1. The second-order valence-corrected chi connectivity index (χ2v) is 4.96. The summed E-state index contributed by atoms with van der Waals surface area (Å²) in [5, 5.41) is 0. The van der Waals surface area contributed by atoms with Crippen molar-refractivity contribution in [3.05, 3.63) is 0 Å². The first-order chi connectivity index (χ1) is 7.29. The van der Waals surface area contributed by atoms with Crippen molar-refractivity contribution < 1.29 is 4.79 Å². The summed E-state index contributed by atoms with van der Waals surface area (Å²) >= 11 is 0. The van der Waals surface area contributed by atoms with Crippen LogP contribution in [0.2, 0.25) is 0 Å². The molecule has 0 bridgehead atoms. The largest absolute Gasteiger partial charge is 0.341 e. The number of hydrogen-bond donors (Lipinski definition) is 1. The Balaban J connectivity index is 1.87. The minimum atomic E-state index is -0.217. The normalized spacial score (nSPS) is 25.5. The molecule has 3 nitrogen and oxygen atoms in total. The zero-order valence-electron chi connectivity index (χ0n) is 9.45. The molecule has 0 aromatic heterocycles. The summed E-state index contributed by atoms with van der Waals surface area (Å²) < 4.78 is 0. The van der Waals surface area contributed by atoms with Crippen LogP contribution in [0.15, 0.2) is 0 Å². The summed E-state index contributed by atoms with van der Waals surface area (Å²) in [6, 6.07) is -0.217. The summed E-state index contributed by atoms with van der Waals surface area (Å²) in [5.41, 5.74) is 6.06. The van der Waals surface area contributed by atoms with Crippen molar-refractivity contribution >= 4 is 5.91 Å². The number of carbonyl (C=O) groups excluding carboxylic acids is 1. The van der Waals surface area contributed by atoms with E-state index < -0.39 is 0 Å². The maximum absolute atomic E-state index is 12.1. The van der Waals surface area contributed by atoms with Crippen LogP contribution in [0.5, 0.6) is 0 Å². The van der Waals surface area contributed by atoms with Crippen molar-refractivity contribution in [1.82, 2.24) is 4.90 Å². The Morgan fingerprint density at radius 2 is 1.67 bits per heavy atom. The lowest BCUT2D eigenvalue weighted by molar-refractivity contribution is -0.134. The Bertz CT molecular complexity index is 218. The second-order valence-electron chi connectivity index (χ2n) is 4.96. The van der Waals surface area contributed by atoms with Crippen LogP contribution >= 0.6 is 0 Å². The molecular formula is C12H22N2O. The first kappa shape index (κ1) is 10.9. The topological polar surface area (TPSA) is 46.3 Å². The molecule has 1 unspecified atom stereocenters. The molecule has 1 aliphatic heterocycles. The number of likely N-dealkylation sites (tertiary alicyclic amines) is 1. The fourth-order valence-electron chi connectivity index (χ4n) is 2.84. The third kappa shape index (κ3) is 2.51. The molecule has 1 saturated heterocycles. The lowest BCUT2D eigenvalue weighted by Crippen LogP contribution is -2.48. The lowest BCUT2D eigenvalue weighted by Gasteiger charge is -2.31. The van der Waals surface area contributed by atoms with Crippen molar-refractivity contribution in [2.45, 2.75) is 51.0 Å². The quantitative estimate of drug-likeness (QED) is 0.751. The Kier molecular flexibility index (Phi) is 3.62. The van der Waals surface area contributed by atoms with Crippen LogP contribution in [0.3, 0.4) is 0 Å². The molecule has 1 aliphatic carbocycles. The number of amides is 1. The fraction of sp³-hybridized carbons (Fsp3) is 0.917. The number of hydrogen-bond acceptors (Lipinski definition) is 2. The molecule has 1 heterocycles. The first-order valence-electron chi connectivity index (χ1n) is 6.33. The summed E-state index contributed by atoms with van der Waals surface area (Å²) in [4.78, 5) is 14.1. The third-order valence-electron chi connectivity index (χ3n) is 3.86. The minimum absolute atomic E-state index is 0.210. The van der Waals surface area contributed by atoms with Gasteiger partial charge in [0.2, 0.25) is 5.91 Å². The Morgan fingerprint density at radius 3 is 2.27 bits per heavy atom. The van der Waals surface area contributed by atoms with Crippen molar-refractivity contribution in [1.29, 1.82) is 0 Å². The zero-order valence-corrected chi connectivity index (χ0v) is 9.45. The summed E-state index contributed by atoms with van der Waals surface area (Å²) in [7, 11) is 0. The van der Waals surface area contributed by atoms with Crippen LogP contribution in [0, 0.1) is 5.92 Å². The molecule has 3 heteroatoms. The highest BCUT2D eigenvalue weighted by Crippen LogP contribution is 2.28. The average Bonchev–Trinajstić information content (AvgIpc) is 2.82. The highest BCUT2D eigenvalue weighted by molar-refractivity contribution is 5.82. The predicted octanol–water partition coefficient (Wildman–Crippen LogP) is 1.52. The van der Waals surface area contributed by atoms with Gasteiger partial charge in [0.05, 0.1) is 6.04 Å². The van der Waals surface area contributed by atoms with Crippen LogP contribution in [0.4, 0.5) is 0 Å². The smallest absolute Gasteiger partial charge is 0.239 e. The predicted molar refractivity (Wildman–Crippen MR) is 60.4 cm³/mol. The Labute approximate surface area is 92.0 Å². The molecule has 15 heavy (non-hydrogen) atoms. The molecule has 1 atom stereocenters. The van der Waals surface area contributed by atoms with E-state index in [1.54, 1.807) is 0 Å². The molecule has 2 N–H and O–H groups in total. The maximum atomic E-state index is 12.1. The molecule has 2 fully saturated rings. The van der Waals surface area contributed by atoms with E-state index in [2.05, 4.69) is 0 Å². The van der Waals surface area contributed by atoms with Gasteiger partial charge in [0.1, 0.15) is 0 Å². The van der Waals surface area contributed by atoms with Gasteiger partial charge in [-0.1, -0.05) is 12.8 Å². The van der Waals surface area contributed by atoms with E-state index in [1.807, 2.05) is 4.90 Å². The molecule has 0 spiro atoms. The van der Waals surface area contributed by atoms with Gasteiger partial charge in [-0.05, 0) is 38.0 Å². The van der Waals surface area contributed by atoms with Gasteiger partial charge in [-0.25, -0.2) is 0 Å². The number of piperidine rings is 1. The molecule has 86 valence electrons. The standard InChI is InChI=1S/C12H22N2O/c13-11(10-6-2-3-7-10)12(15)14-8-4-1-5-9-14/h10-11H,1-9,13H2.